The van der Waals surface area contributed by atoms with Crippen molar-refractivity contribution in [3.63, 3.8) is 0 Å². The first kappa shape index (κ1) is 16.6. The molecule has 24 heavy (non-hydrogen) atoms. The number of anilines is 1. The van der Waals surface area contributed by atoms with Crippen molar-refractivity contribution >= 4 is 5.69 Å². The third-order valence-corrected chi connectivity index (χ3v) is 4.67. The first-order chi connectivity index (χ1) is 11.6. The fourth-order valence-corrected chi connectivity index (χ4v) is 3.24. The van der Waals surface area contributed by atoms with Crippen LogP contribution >= 0.6 is 0 Å². The van der Waals surface area contributed by atoms with Gasteiger partial charge in [-0.15, -0.1) is 0 Å². The van der Waals surface area contributed by atoms with Crippen LogP contribution in [0.1, 0.15) is 23.6 Å². The number of aromatic nitrogens is 2. The second-order valence-electron chi connectivity index (χ2n) is 6.26. The molecule has 5 nitrogen and oxygen atoms in total. The number of hydrogen-bond acceptors (Lipinski definition) is 4. The number of H-pyrrole nitrogens is 1. The second kappa shape index (κ2) is 7.13. The van der Waals surface area contributed by atoms with E-state index in [-0.39, 0.29) is 11.4 Å². The van der Waals surface area contributed by atoms with Crippen molar-refractivity contribution in [2.24, 2.45) is 0 Å². The Kier molecular flexibility index (Phi) is 4.94. The van der Waals surface area contributed by atoms with Crippen molar-refractivity contribution in [2.45, 2.75) is 26.8 Å². The van der Waals surface area contributed by atoms with Gasteiger partial charge in [0.15, 0.2) is 0 Å². The average molecular weight is 330 g/mol. The molecular formula is C18H23FN4O. The van der Waals surface area contributed by atoms with Crippen molar-refractivity contribution < 1.29 is 4.39 Å². The summed E-state index contributed by atoms with van der Waals surface area (Å²) in [5, 5.41) is 6.43. The molecule has 0 saturated carbocycles. The van der Waals surface area contributed by atoms with Gasteiger partial charge in [-0.3, -0.25) is 9.69 Å². The summed E-state index contributed by atoms with van der Waals surface area (Å²) in [6.07, 6.45) is 2.53. The molecule has 1 aromatic carbocycles. The Morgan fingerprint density at radius 2 is 1.96 bits per heavy atom. The maximum absolute atomic E-state index is 13.2. The Morgan fingerprint density at radius 1 is 1.21 bits per heavy atom. The maximum atomic E-state index is 13.2. The lowest BCUT2D eigenvalue weighted by atomic mass is 10.1. The topological polar surface area (TPSA) is 52.2 Å². The quantitative estimate of drug-likeness (QED) is 0.933. The van der Waals surface area contributed by atoms with E-state index < -0.39 is 0 Å². The Hall–Kier alpha value is -2.21. The molecule has 0 amide bonds. The number of benzene rings is 1. The predicted octanol–water partition coefficient (Wildman–Crippen LogP) is 2.10. The van der Waals surface area contributed by atoms with Gasteiger partial charge in [0.25, 0.3) is 5.56 Å². The Labute approximate surface area is 141 Å². The van der Waals surface area contributed by atoms with E-state index in [1.54, 1.807) is 12.3 Å². The van der Waals surface area contributed by atoms with Gasteiger partial charge in [-0.2, -0.15) is 5.10 Å². The van der Waals surface area contributed by atoms with E-state index in [1.807, 2.05) is 19.9 Å². The van der Waals surface area contributed by atoms with Crippen molar-refractivity contribution in [2.75, 3.05) is 31.1 Å². The summed E-state index contributed by atoms with van der Waals surface area (Å²) >= 11 is 0. The number of hydrogen-bond donors (Lipinski definition) is 1. The lowest BCUT2D eigenvalue weighted by Crippen LogP contribution is -2.48. The number of piperazine rings is 1. The van der Waals surface area contributed by atoms with Gasteiger partial charge in [-0.05, 0) is 36.6 Å². The molecular weight excluding hydrogens is 307 g/mol. The van der Waals surface area contributed by atoms with E-state index in [9.17, 15) is 9.18 Å². The molecule has 1 aliphatic heterocycles. The van der Waals surface area contributed by atoms with Crippen LogP contribution in [0, 0.1) is 12.7 Å². The van der Waals surface area contributed by atoms with Gasteiger partial charge in [-0.25, -0.2) is 9.49 Å². The minimum absolute atomic E-state index is 0.114. The standard InChI is InChI=1S/C18H23FN4O/c1-3-14-11-20-21-18(24)17(14)23-8-6-22(7-9-23)12-15-4-5-16(19)10-13(15)2/h4-5,10-11H,3,6-9,12H2,1-2H3,(H,21,24). The lowest BCUT2D eigenvalue weighted by Gasteiger charge is -2.36. The van der Waals surface area contributed by atoms with E-state index in [1.165, 1.54) is 6.07 Å². The molecule has 0 aliphatic carbocycles. The van der Waals surface area contributed by atoms with Crippen LogP contribution in [0.2, 0.25) is 0 Å². The van der Waals surface area contributed by atoms with Crippen molar-refractivity contribution in [1.82, 2.24) is 15.1 Å². The van der Waals surface area contributed by atoms with Gasteiger partial charge in [0.2, 0.25) is 0 Å². The first-order valence-electron chi connectivity index (χ1n) is 8.37. The number of aryl methyl sites for hydroxylation is 2. The Balaban J connectivity index is 1.67. The molecule has 1 fully saturated rings. The third kappa shape index (κ3) is 3.48. The van der Waals surface area contributed by atoms with Crippen LogP contribution in [0.25, 0.3) is 0 Å². The van der Waals surface area contributed by atoms with Gasteiger partial charge in [0, 0.05) is 38.3 Å². The zero-order chi connectivity index (χ0) is 17.1. The van der Waals surface area contributed by atoms with Crippen LogP contribution in [-0.4, -0.2) is 41.3 Å². The van der Waals surface area contributed by atoms with E-state index in [2.05, 4.69) is 20.0 Å². The first-order valence-corrected chi connectivity index (χ1v) is 8.37. The Bertz CT molecular complexity index is 766. The van der Waals surface area contributed by atoms with Gasteiger partial charge in [-0.1, -0.05) is 13.0 Å². The average Bonchev–Trinajstić information content (AvgIpc) is 2.58. The molecule has 1 aliphatic rings. The molecule has 3 rings (SSSR count). The van der Waals surface area contributed by atoms with Gasteiger partial charge in [0.05, 0.1) is 6.20 Å². The summed E-state index contributed by atoms with van der Waals surface area (Å²) in [6, 6.07) is 4.96. The van der Waals surface area contributed by atoms with Gasteiger partial charge in [0.1, 0.15) is 11.5 Å². The predicted molar refractivity (Wildman–Crippen MR) is 92.9 cm³/mol. The largest absolute Gasteiger partial charge is 0.364 e. The number of nitrogens with one attached hydrogen (secondary N) is 1. The summed E-state index contributed by atoms with van der Waals surface area (Å²) < 4.78 is 13.2. The van der Waals surface area contributed by atoms with Crippen LogP contribution in [0.3, 0.4) is 0 Å². The van der Waals surface area contributed by atoms with Gasteiger partial charge < -0.3 is 4.90 Å². The highest BCUT2D eigenvalue weighted by Gasteiger charge is 2.21. The molecule has 0 atom stereocenters. The van der Waals surface area contributed by atoms with Crippen LogP contribution < -0.4 is 10.5 Å². The van der Waals surface area contributed by atoms with Crippen LogP contribution in [0.15, 0.2) is 29.2 Å². The van der Waals surface area contributed by atoms with Gasteiger partial charge >= 0.3 is 0 Å². The summed E-state index contributed by atoms with van der Waals surface area (Å²) in [7, 11) is 0. The van der Waals surface area contributed by atoms with Crippen LogP contribution in [-0.2, 0) is 13.0 Å². The molecule has 1 aromatic heterocycles. The molecule has 0 radical (unpaired) electrons. The maximum Gasteiger partial charge on any atom is 0.287 e. The number of aromatic amines is 1. The van der Waals surface area contributed by atoms with Crippen molar-refractivity contribution in [1.29, 1.82) is 0 Å². The third-order valence-electron chi connectivity index (χ3n) is 4.67. The Morgan fingerprint density at radius 3 is 2.62 bits per heavy atom. The van der Waals surface area contributed by atoms with E-state index >= 15 is 0 Å². The van der Waals surface area contributed by atoms with E-state index in [0.717, 1.165) is 61.5 Å². The fraction of sp³-hybridized carbons (Fsp3) is 0.444. The highest BCUT2D eigenvalue weighted by atomic mass is 19.1. The van der Waals surface area contributed by atoms with Crippen LogP contribution in [0.5, 0.6) is 0 Å². The van der Waals surface area contributed by atoms with Crippen molar-refractivity contribution in [3.8, 4) is 0 Å². The zero-order valence-corrected chi connectivity index (χ0v) is 14.2. The zero-order valence-electron chi connectivity index (χ0n) is 14.2. The summed E-state index contributed by atoms with van der Waals surface area (Å²) in [5.41, 5.74) is 3.76. The molecule has 6 heteroatoms. The molecule has 2 heterocycles. The van der Waals surface area contributed by atoms with Crippen LogP contribution in [0.4, 0.5) is 10.1 Å². The minimum atomic E-state index is -0.190. The highest BCUT2D eigenvalue weighted by Crippen LogP contribution is 2.19. The summed E-state index contributed by atoms with van der Waals surface area (Å²) in [5.74, 6) is -0.190. The molecule has 0 spiro atoms. The molecule has 1 N–H and O–H groups in total. The number of halogens is 1. The SMILES string of the molecule is CCc1cn[nH]c(=O)c1N1CCN(Cc2ccc(F)cc2C)CC1. The molecule has 2 aromatic rings. The molecule has 1 saturated heterocycles. The van der Waals surface area contributed by atoms with E-state index in [0.29, 0.717) is 0 Å². The number of rotatable bonds is 4. The molecule has 0 unspecified atom stereocenters. The number of nitrogens with zero attached hydrogens (tertiary/aromatic N) is 3. The monoisotopic (exact) mass is 330 g/mol. The second-order valence-corrected chi connectivity index (χ2v) is 6.26. The highest BCUT2D eigenvalue weighted by molar-refractivity contribution is 5.51. The minimum Gasteiger partial charge on any atom is -0.364 e. The molecule has 0 bridgehead atoms. The fourth-order valence-electron chi connectivity index (χ4n) is 3.24. The summed E-state index contributed by atoms with van der Waals surface area (Å²) in [6.45, 7) is 8.16. The lowest BCUT2D eigenvalue weighted by molar-refractivity contribution is 0.249. The van der Waals surface area contributed by atoms with E-state index in [4.69, 9.17) is 0 Å². The molecule has 128 valence electrons. The summed E-state index contributed by atoms with van der Waals surface area (Å²) in [4.78, 5) is 16.6. The normalized spacial score (nSPS) is 15.7. The van der Waals surface area contributed by atoms with Crippen molar-refractivity contribution in [3.05, 3.63) is 57.3 Å². The smallest absolute Gasteiger partial charge is 0.287 e.